The van der Waals surface area contributed by atoms with Crippen molar-refractivity contribution in [3.63, 3.8) is 0 Å². The van der Waals surface area contributed by atoms with Gasteiger partial charge in [0, 0.05) is 26.2 Å². The summed E-state index contributed by atoms with van der Waals surface area (Å²) in [6, 6.07) is 2.82. The second kappa shape index (κ2) is 6.63. The average molecular weight is 384 g/mol. The summed E-state index contributed by atoms with van der Waals surface area (Å²) in [5, 5.41) is 11.8. The van der Waals surface area contributed by atoms with Gasteiger partial charge < -0.3 is 0 Å². The SMILES string of the molecule is O=S(=O)(c1cc(F)ccc1F)N1CCN(Cc2nnnn2C2CC2)CC1. The van der Waals surface area contributed by atoms with Gasteiger partial charge in [0.15, 0.2) is 5.82 Å². The molecule has 1 aliphatic carbocycles. The molecule has 26 heavy (non-hydrogen) atoms. The highest BCUT2D eigenvalue weighted by Gasteiger charge is 2.32. The Morgan fingerprint density at radius 2 is 1.85 bits per heavy atom. The maximum atomic E-state index is 13.9. The molecule has 140 valence electrons. The Balaban J connectivity index is 1.43. The van der Waals surface area contributed by atoms with E-state index in [1.165, 1.54) is 4.31 Å². The highest BCUT2D eigenvalue weighted by atomic mass is 32.2. The largest absolute Gasteiger partial charge is 0.293 e. The zero-order valence-corrected chi connectivity index (χ0v) is 14.7. The molecule has 2 heterocycles. The Hall–Kier alpha value is -1.98. The van der Waals surface area contributed by atoms with Crippen LogP contribution in [0.4, 0.5) is 8.78 Å². The molecule has 1 saturated carbocycles. The van der Waals surface area contributed by atoms with Gasteiger partial charge in [0.2, 0.25) is 10.0 Å². The van der Waals surface area contributed by atoms with E-state index in [0.717, 1.165) is 36.9 Å². The van der Waals surface area contributed by atoms with Crippen molar-refractivity contribution in [3.05, 3.63) is 35.7 Å². The number of hydrogen-bond acceptors (Lipinski definition) is 6. The summed E-state index contributed by atoms with van der Waals surface area (Å²) in [4.78, 5) is 1.43. The van der Waals surface area contributed by atoms with Crippen LogP contribution in [0.3, 0.4) is 0 Å². The Bertz CT molecular complexity index is 907. The highest BCUT2D eigenvalue weighted by Crippen LogP contribution is 2.34. The number of rotatable bonds is 5. The lowest BCUT2D eigenvalue weighted by molar-refractivity contribution is 0.175. The Kier molecular flexibility index (Phi) is 4.45. The van der Waals surface area contributed by atoms with Crippen molar-refractivity contribution in [2.45, 2.75) is 30.3 Å². The summed E-state index contributed by atoms with van der Waals surface area (Å²) in [5.41, 5.74) is 0. The van der Waals surface area contributed by atoms with Gasteiger partial charge in [-0.15, -0.1) is 5.10 Å². The first-order valence-corrected chi connectivity index (χ1v) is 9.83. The number of sulfonamides is 1. The monoisotopic (exact) mass is 384 g/mol. The molecule has 2 aromatic rings. The minimum atomic E-state index is -4.07. The van der Waals surface area contributed by atoms with Crippen molar-refractivity contribution >= 4 is 10.0 Å². The Labute approximate surface area is 149 Å². The summed E-state index contributed by atoms with van der Waals surface area (Å²) < 4.78 is 55.4. The first kappa shape index (κ1) is 17.4. The quantitative estimate of drug-likeness (QED) is 0.758. The maximum absolute atomic E-state index is 13.9. The van der Waals surface area contributed by atoms with Crippen LogP contribution in [0.5, 0.6) is 0 Å². The third-order valence-corrected chi connectivity index (χ3v) is 6.57. The zero-order valence-electron chi connectivity index (χ0n) is 13.9. The highest BCUT2D eigenvalue weighted by molar-refractivity contribution is 7.89. The molecule has 0 spiro atoms. The topological polar surface area (TPSA) is 84.2 Å². The minimum absolute atomic E-state index is 0.198. The lowest BCUT2D eigenvalue weighted by atomic mass is 10.3. The van der Waals surface area contributed by atoms with Crippen molar-refractivity contribution in [1.82, 2.24) is 29.4 Å². The number of aromatic nitrogens is 4. The van der Waals surface area contributed by atoms with E-state index in [1.54, 1.807) is 0 Å². The van der Waals surface area contributed by atoms with Crippen LogP contribution in [0.25, 0.3) is 0 Å². The van der Waals surface area contributed by atoms with Crippen LogP contribution in [-0.4, -0.2) is 64.0 Å². The normalized spacial score (nSPS) is 19.8. The van der Waals surface area contributed by atoms with E-state index in [-0.39, 0.29) is 13.1 Å². The molecule has 1 aromatic carbocycles. The second-order valence-electron chi connectivity index (χ2n) is 6.53. The Morgan fingerprint density at radius 1 is 1.12 bits per heavy atom. The molecular formula is C15H18F2N6O2S. The van der Waals surface area contributed by atoms with Gasteiger partial charge in [0.1, 0.15) is 16.5 Å². The summed E-state index contributed by atoms with van der Waals surface area (Å²) in [6.07, 6.45) is 2.15. The van der Waals surface area contributed by atoms with Gasteiger partial charge in [-0.25, -0.2) is 21.9 Å². The summed E-state index contributed by atoms with van der Waals surface area (Å²) in [6.45, 7) is 1.86. The van der Waals surface area contributed by atoms with E-state index in [0.29, 0.717) is 25.7 Å². The fourth-order valence-corrected chi connectivity index (χ4v) is 4.56. The van der Waals surface area contributed by atoms with Gasteiger partial charge in [0.25, 0.3) is 0 Å². The number of nitrogens with zero attached hydrogens (tertiary/aromatic N) is 6. The lowest BCUT2D eigenvalue weighted by Gasteiger charge is -2.33. The van der Waals surface area contributed by atoms with Crippen LogP contribution < -0.4 is 0 Å². The van der Waals surface area contributed by atoms with Gasteiger partial charge in [-0.05, 0) is 41.5 Å². The molecule has 0 atom stereocenters. The van der Waals surface area contributed by atoms with Crippen molar-refractivity contribution in [2.75, 3.05) is 26.2 Å². The van der Waals surface area contributed by atoms with Crippen molar-refractivity contribution in [1.29, 1.82) is 0 Å². The van der Waals surface area contributed by atoms with Crippen LogP contribution in [0.1, 0.15) is 24.7 Å². The first-order valence-electron chi connectivity index (χ1n) is 8.39. The number of halogens is 2. The third-order valence-electron chi connectivity index (χ3n) is 4.66. The average Bonchev–Trinajstić information content (AvgIpc) is 3.37. The smallest absolute Gasteiger partial charge is 0.246 e. The van der Waals surface area contributed by atoms with Crippen LogP contribution in [0, 0.1) is 11.6 Å². The molecule has 1 saturated heterocycles. The molecule has 0 bridgehead atoms. The molecule has 4 rings (SSSR count). The van der Waals surface area contributed by atoms with Crippen LogP contribution in [0.15, 0.2) is 23.1 Å². The summed E-state index contributed by atoms with van der Waals surface area (Å²) >= 11 is 0. The van der Waals surface area contributed by atoms with Gasteiger partial charge in [-0.3, -0.25) is 4.90 Å². The predicted octanol–water partition coefficient (Wildman–Crippen LogP) is 0.793. The number of benzene rings is 1. The molecule has 2 aliphatic rings. The minimum Gasteiger partial charge on any atom is -0.293 e. The molecule has 1 aromatic heterocycles. The van der Waals surface area contributed by atoms with Gasteiger partial charge in [0.05, 0.1) is 12.6 Å². The molecule has 11 heteroatoms. The molecular weight excluding hydrogens is 366 g/mol. The molecule has 0 N–H and O–H groups in total. The van der Waals surface area contributed by atoms with Crippen molar-refractivity contribution in [2.24, 2.45) is 0 Å². The Morgan fingerprint density at radius 3 is 2.54 bits per heavy atom. The van der Waals surface area contributed by atoms with E-state index < -0.39 is 26.6 Å². The van der Waals surface area contributed by atoms with Crippen LogP contribution in [0.2, 0.25) is 0 Å². The van der Waals surface area contributed by atoms with E-state index in [4.69, 9.17) is 0 Å². The number of piperazine rings is 1. The molecule has 0 radical (unpaired) electrons. The third kappa shape index (κ3) is 3.33. The summed E-state index contributed by atoms with van der Waals surface area (Å²) in [5.74, 6) is -0.965. The van der Waals surface area contributed by atoms with Gasteiger partial charge in [-0.2, -0.15) is 4.31 Å². The van der Waals surface area contributed by atoms with Crippen LogP contribution in [-0.2, 0) is 16.6 Å². The zero-order chi connectivity index (χ0) is 18.3. The maximum Gasteiger partial charge on any atom is 0.246 e. The fourth-order valence-electron chi connectivity index (χ4n) is 3.06. The fraction of sp³-hybridized carbons (Fsp3) is 0.533. The van der Waals surface area contributed by atoms with Crippen molar-refractivity contribution in [3.8, 4) is 0 Å². The molecule has 1 aliphatic heterocycles. The summed E-state index contributed by atoms with van der Waals surface area (Å²) in [7, 11) is -4.07. The molecule has 2 fully saturated rings. The van der Waals surface area contributed by atoms with E-state index >= 15 is 0 Å². The number of tetrazole rings is 1. The number of hydrogen-bond donors (Lipinski definition) is 0. The van der Waals surface area contributed by atoms with E-state index in [2.05, 4.69) is 20.4 Å². The van der Waals surface area contributed by atoms with Gasteiger partial charge >= 0.3 is 0 Å². The standard InChI is InChI=1S/C15H18F2N6O2S/c16-11-1-4-13(17)14(9-11)26(24,25)22-7-5-21(6-8-22)10-15-18-19-20-23(15)12-2-3-12/h1,4,9,12H,2-3,5-8,10H2. The lowest BCUT2D eigenvalue weighted by Crippen LogP contribution is -2.48. The molecule has 0 unspecified atom stereocenters. The second-order valence-corrected chi connectivity index (χ2v) is 8.43. The first-order chi connectivity index (χ1) is 12.4. The van der Waals surface area contributed by atoms with Crippen molar-refractivity contribution < 1.29 is 17.2 Å². The van der Waals surface area contributed by atoms with E-state index in [9.17, 15) is 17.2 Å². The predicted molar refractivity (Wildman–Crippen MR) is 86.5 cm³/mol. The molecule has 8 nitrogen and oxygen atoms in total. The van der Waals surface area contributed by atoms with Gasteiger partial charge in [-0.1, -0.05) is 0 Å². The molecule has 0 amide bonds. The van der Waals surface area contributed by atoms with Crippen LogP contribution >= 0.6 is 0 Å². The van der Waals surface area contributed by atoms with E-state index in [1.807, 2.05) is 4.68 Å².